The SMILES string of the molecule is C=C(C)CNC(=NCc1ccnn1C)NCC(=O)N(C)C.I. The van der Waals surface area contributed by atoms with Crippen LogP contribution in [0.4, 0.5) is 0 Å². The number of amides is 1. The molecule has 0 aliphatic rings. The molecule has 0 aliphatic heterocycles. The third kappa shape index (κ3) is 7.43. The lowest BCUT2D eigenvalue weighted by Crippen LogP contribution is -2.43. The molecule has 0 fully saturated rings. The van der Waals surface area contributed by atoms with Gasteiger partial charge in [-0.2, -0.15) is 5.10 Å². The first-order chi connectivity index (χ1) is 9.90. The summed E-state index contributed by atoms with van der Waals surface area (Å²) in [5.74, 6) is 0.565. The Labute approximate surface area is 148 Å². The summed E-state index contributed by atoms with van der Waals surface area (Å²) in [5.41, 5.74) is 1.98. The number of hydrogen-bond donors (Lipinski definition) is 2. The maximum absolute atomic E-state index is 11.6. The zero-order chi connectivity index (χ0) is 15.8. The van der Waals surface area contributed by atoms with Gasteiger partial charge in [-0.3, -0.25) is 9.48 Å². The van der Waals surface area contributed by atoms with Crippen molar-refractivity contribution in [1.29, 1.82) is 0 Å². The van der Waals surface area contributed by atoms with Crippen molar-refractivity contribution in [2.24, 2.45) is 12.0 Å². The summed E-state index contributed by atoms with van der Waals surface area (Å²) in [7, 11) is 5.31. The highest BCUT2D eigenvalue weighted by Gasteiger charge is 2.06. The highest BCUT2D eigenvalue weighted by molar-refractivity contribution is 14.0. The predicted octanol–water partition coefficient (Wildman–Crippen LogP) is 0.738. The highest BCUT2D eigenvalue weighted by atomic mass is 127. The van der Waals surface area contributed by atoms with Crippen LogP contribution in [0.3, 0.4) is 0 Å². The van der Waals surface area contributed by atoms with Gasteiger partial charge >= 0.3 is 0 Å². The molecular weight excluding hydrogens is 395 g/mol. The van der Waals surface area contributed by atoms with E-state index >= 15 is 0 Å². The van der Waals surface area contributed by atoms with E-state index in [1.54, 1.807) is 25.0 Å². The summed E-state index contributed by atoms with van der Waals surface area (Å²) in [6.07, 6.45) is 1.73. The molecule has 0 aromatic carbocycles. The topological polar surface area (TPSA) is 74.5 Å². The van der Waals surface area contributed by atoms with Crippen molar-refractivity contribution in [3.63, 3.8) is 0 Å². The molecule has 0 unspecified atom stereocenters. The van der Waals surface area contributed by atoms with E-state index in [1.807, 2.05) is 20.0 Å². The number of nitrogens with one attached hydrogen (secondary N) is 2. The van der Waals surface area contributed by atoms with E-state index in [2.05, 4.69) is 27.3 Å². The maximum Gasteiger partial charge on any atom is 0.241 e. The van der Waals surface area contributed by atoms with Gasteiger partial charge in [0, 0.05) is 33.9 Å². The molecule has 0 radical (unpaired) electrons. The molecule has 1 heterocycles. The molecule has 1 aromatic rings. The third-order valence-corrected chi connectivity index (χ3v) is 2.79. The summed E-state index contributed by atoms with van der Waals surface area (Å²) < 4.78 is 1.77. The van der Waals surface area contributed by atoms with Crippen LogP contribution in [-0.4, -0.2) is 53.7 Å². The van der Waals surface area contributed by atoms with Crippen LogP contribution in [0.5, 0.6) is 0 Å². The van der Waals surface area contributed by atoms with Crippen molar-refractivity contribution in [3.05, 3.63) is 30.1 Å². The Morgan fingerprint density at radius 2 is 2.05 bits per heavy atom. The van der Waals surface area contributed by atoms with Crippen molar-refractivity contribution < 1.29 is 4.79 Å². The summed E-state index contributed by atoms with van der Waals surface area (Å²) >= 11 is 0. The number of carbonyl (C=O) groups excluding carboxylic acids is 1. The van der Waals surface area contributed by atoms with Crippen LogP contribution in [0.1, 0.15) is 12.6 Å². The number of aryl methyl sites for hydroxylation is 1. The third-order valence-electron chi connectivity index (χ3n) is 2.79. The van der Waals surface area contributed by atoms with Crippen molar-refractivity contribution in [1.82, 2.24) is 25.3 Å². The van der Waals surface area contributed by atoms with Crippen LogP contribution in [0, 0.1) is 0 Å². The Balaban J connectivity index is 0.00000441. The molecule has 0 spiro atoms. The minimum Gasteiger partial charge on any atom is -0.353 e. The lowest BCUT2D eigenvalue weighted by molar-refractivity contribution is -0.127. The molecule has 124 valence electrons. The monoisotopic (exact) mass is 420 g/mol. The summed E-state index contributed by atoms with van der Waals surface area (Å²) in [6, 6.07) is 1.91. The van der Waals surface area contributed by atoms with Gasteiger partial charge in [-0.1, -0.05) is 12.2 Å². The second kappa shape index (κ2) is 10.2. The van der Waals surface area contributed by atoms with Crippen molar-refractivity contribution in [2.75, 3.05) is 27.2 Å². The Hall–Kier alpha value is -1.58. The molecule has 0 bridgehead atoms. The zero-order valence-corrected chi connectivity index (χ0v) is 15.9. The standard InChI is InChI=1S/C14H24N6O.HI/c1-11(2)8-15-14(17-10-13(21)19(3)4)16-9-12-6-7-18-20(12)5;/h6-7H,1,8-10H2,2-5H3,(H2,15,16,17);1H. The second-order valence-corrected chi connectivity index (χ2v) is 5.06. The van der Waals surface area contributed by atoms with Crippen LogP contribution in [-0.2, 0) is 18.4 Å². The molecule has 8 heteroatoms. The summed E-state index contributed by atoms with van der Waals surface area (Å²) in [4.78, 5) is 17.6. The van der Waals surface area contributed by atoms with Crippen LogP contribution in [0.15, 0.2) is 29.4 Å². The number of guanidine groups is 1. The van der Waals surface area contributed by atoms with Crippen LogP contribution in [0.25, 0.3) is 0 Å². The van der Waals surface area contributed by atoms with Gasteiger partial charge in [-0.05, 0) is 13.0 Å². The Bertz CT molecular complexity index is 523. The van der Waals surface area contributed by atoms with Gasteiger partial charge in [-0.15, -0.1) is 24.0 Å². The van der Waals surface area contributed by atoms with Crippen LogP contribution in [0.2, 0.25) is 0 Å². The first-order valence-corrected chi connectivity index (χ1v) is 6.73. The van der Waals surface area contributed by atoms with Crippen molar-refractivity contribution in [2.45, 2.75) is 13.5 Å². The quantitative estimate of drug-likeness (QED) is 0.308. The molecule has 1 aromatic heterocycles. The van der Waals surface area contributed by atoms with Gasteiger partial charge in [0.15, 0.2) is 5.96 Å². The molecule has 0 aliphatic carbocycles. The minimum atomic E-state index is -0.0136. The Morgan fingerprint density at radius 1 is 1.41 bits per heavy atom. The number of rotatable bonds is 6. The van der Waals surface area contributed by atoms with Gasteiger partial charge in [0.05, 0.1) is 18.8 Å². The van der Waals surface area contributed by atoms with E-state index in [4.69, 9.17) is 0 Å². The van der Waals surface area contributed by atoms with Crippen molar-refractivity contribution >= 4 is 35.8 Å². The second-order valence-electron chi connectivity index (χ2n) is 5.06. The predicted molar refractivity (Wildman–Crippen MR) is 99.3 cm³/mol. The average Bonchev–Trinajstić information content (AvgIpc) is 2.82. The van der Waals surface area contributed by atoms with E-state index in [9.17, 15) is 4.79 Å². The van der Waals surface area contributed by atoms with E-state index in [1.165, 1.54) is 4.90 Å². The molecule has 2 N–H and O–H groups in total. The van der Waals surface area contributed by atoms with E-state index < -0.39 is 0 Å². The fourth-order valence-corrected chi connectivity index (χ4v) is 1.44. The van der Waals surface area contributed by atoms with Gasteiger partial charge in [0.2, 0.25) is 5.91 Å². The smallest absolute Gasteiger partial charge is 0.241 e. The molecule has 1 amide bonds. The lowest BCUT2D eigenvalue weighted by atomic mass is 10.3. The molecule has 0 saturated heterocycles. The lowest BCUT2D eigenvalue weighted by Gasteiger charge is -2.15. The largest absolute Gasteiger partial charge is 0.353 e. The normalized spacial score (nSPS) is 10.6. The zero-order valence-electron chi connectivity index (χ0n) is 13.6. The fourth-order valence-electron chi connectivity index (χ4n) is 1.44. The molecule has 0 saturated carbocycles. The van der Waals surface area contributed by atoms with E-state index in [-0.39, 0.29) is 36.4 Å². The number of aliphatic imine (C=N–C) groups is 1. The molecule has 1 rings (SSSR count). The van der Waals surface area contributed by atoms with Gasteiger partial charge in [-0.25, -0.2) is 4.99 Å². The number of aromatic nitrogens is 2. The molecule has 22 heavy (non-hydrogen) atoms. The van der Waals surface area contributed by atoms with Crippen molar-refractivity contribution in [3.8, 4) is 0 Å². The Morgan fingerprint density at radius 3 is 2.55 bits per heavy atom. The van der Waals surface area contributed by atoms with Gasteiger partial charge < -0.3 is 15.5 Å². The first-order valence-electron chi connectivity index (χ1n) is 6.73. The summed E-state index contributed by atoms with van der Waals surface area (Å²) in [6.45, 7) is 7.05. The van der Waals surface area contributed by atoms with Gasteiger partial charge in [0.25, 0.3) is 0 Å². The van der Waals surface area contributed by atoms with E-state index in [0.29, 0.717) is 19.0 Å². The molecule has 0 atom stereocenters. The number of carbonyl (C=O) groups is 1. The average molecular weight is 420 g/mol. The number of likely N-dealkylation sites (N-methyl/N-ethyl adjacent to an activating group) is 1. The number of nitrogens with zero attached hydrogens (tertiary/aromatic N) is 4. The first kappa shape index (κ1) is 20.4. The highest BCUT2D eigenvalue weighted by Crippen LogP contribution is 1.98. The Kier molecular flexibility index (Phi) is 9.46. The molecule has 7 nitrogen and oxygen atoms in total. The fraction of sp³-hybridized carbons (Fsp3) is 0.500. The van der Waals surface area contributed by atoms with Gasteiger partial charge in [0.1, 0.15) is 0 Å². The van der Waals surface area contributed by atoms with Crippen LogP contribution >= 0.6 is 24.0 Å². The maximum atomic E-state index is 11.6. The minimum absolute atomic E-state index is 0. The van der Waals surface area contributed by atoms with Crippen LogP contribution < -0.4 is 10.6 Å². The summed E-state index contributed by atoms with van der Waals surface area (Å²) in [5, 5.41) is 10.2. The van der Waals surface area contributed by atoms with E-state index in [0.717, 1.165) is 11.3 Å². The number of halogens is 1. The molecular formula is C14H25IN6O. The number of hydrogen-bond acceptors (Lipinski definition) is 3.